The second kappa shape index (κ2) is 7.24. The van der Waals surface area contributed by atoms with Gasteiger partial charge >= 0.3 is 0 Å². The predicted octanol–water partition coefficient (Wildman–Crippen LogP) is 3.37. The number of ether oxygens (including phenoxy) is 1. The molecule has 2 fully saturated rings. The van der Waals surface area contributed by atoms with Crippen molar-refractivity contribution in [1.29, 1.82) is 0 Å². The van der Waals surface area contributed by atoms with Gasteiger partial charge in [0.1, 0.15) is 0 Å². The van der Waals surface area contributed by atoms with Gasteiger partial charge in [0, 0.05) is 13.2 Å². The Labute approximate surface area is 123 Å². The first-order valence-corrected chi connectivity index (χ1v) is 8.24. The Morgan fingerprint density at radius 3 is 2.50 bits per heavy atom. The zero-order chi connectivity index (χ0) is 13.6. The van der Waals surface area contributed by atoms with E-state index >= 15 is 0 Å². The Kier molecular flexibility index (Phi) is 5.10. The van der Waals surface area contributed by atoms with Gasteiger partial charge in [-0.2, -0.15) is 0 Å². The van der Waals surface area contributed by atoms with Crippen LogP contribution in [0.15, 0.2) is 30.3 Å². The molecule has 20 heavy (non-hydrogen) atoms. The maximum absolute atomic E-state index is 5.60. The summed E-state index contributed by atoms with van der Waals surface area (Å²) in [6, 6.07) is 11.0. The summed E-state index contributed by atoms with van der Waals surface area (Å²) in [4.78, 5) is 2.67. The maximum atomic E-state index is 5.60. The SMILES string of the molecule is c1ccc(CC2CCN(C[C@@H]3CCCOC3)CC2)cc1. The summed E-state index contributed by atoms with van der Waals surface area (Å²) in [5.74, 6) is 1.67. The second-order valence-electron chi connectivity index (χ2n) is 6.52. The van der Waals surface area contributed by atoms with Gasteiger partial charge in [0.25, 0.3) is 0 Å². The van der Waals surface area contributed by atoms with Gasteiger partial charge in [0.05, 0.1) is 6.61 Å². The zero-order valence-corrected chi connectivity index (χ0v) is 12.5. The van der Waals surface area contributed by atoms with E-state index in [2.05, 4.69) is 35.2 Å². The predicted molar refractivity (Wildman–Crippen MR) is 82.9 cm³/mol. The minimum atomic E-state index is 0.787. The minimum Gasteiger partial charge on any atom is -0.381 e. The van der Waals surface area contributed by atoms with Crippen molar-refractivity contribution >= 4 is 0 Å². The molecular formula is C18H27NO. The molecule has 0 bridgehead atoms. The first-order chi connectivity index (χ1) is 9.90. The van der Waals surface area contributed by atoms with Crippen molar-refractivity contribution in [3.63, 3.8) is 0 Å². The molecule has 2 nitrogen and oxygen atoms in total. The van der Waals surface area contributed by atoms with Gasteiger partial charge in [-0.05, 0) is 62.6 Å². The van der Waals surface area contributed by atoms with E-state index in [1.807, 2.05) is 0 Å². The van der Waals surface area contributed by atoms with Gasteiger partial charge in [-0.3, -0.25) is 0 Å². The molecule has 3 rings (SSSR count). The van der Waals surface area contributed by atoms with Crippen molar-refractivity contribution in [3.8, 4) is 0 Å². The molecule has 0 unspecified atom stereocenters. The van der Waals surface area contributed by atoms with Crippen LogP contribution in [0.4, 0.5) is 0 Å². The van der Waals surface area contributed by atoms with Crippen LogP contribution in [-0.2, 0) is 11.2 Å². The van der Waals surface area contributed by atoms with Crippen molar-refractivity contribution in [2.45, 2.75) is 32.1 Å². The molecule has 1 aromatic carbocycles. The van der Waals surface area contributed by atoms with Gasteiger partial charge in [-0.25, -0.2) is 0 Å². The summed E-state index contributed by atoms with van der Waals surface area (Å²) in [7, 11) is 0. The number of piperidine rings is 1. The van der Waals surface area contributed by atoms with Crippen molar-refractivity contribution in [2.75, 3.05) is 32.8 Å². The highest BCUT2D eigenvalue weighted by Gasteiger charge is 2.23. The van der Waals surface area contributed by atoms with Gasteiger partial charge in [-0.15, -0.1) is 0 Å². The molecular weight excluding hydrogens is 246 g/mol. The molecule has 2 heterocycles. The number of likely N-dealkylation sites (tertiary alicyclic amines) is 1. The van der Waals surface area contributed by atoms with Crippen LogP contribution in [0, 0.1) is 11.8 Å². The lowest BCUT2D eigenvalue weighted by atomic mass is 9.89. The molecule has 2 aliphatic rings. The topological polar surface area (TPSA) is 12.5 Å². The van der Waals surface area contributed by atoms with Crippen molar-refractivity contribution in [1.82, 2.24) is 4.90 Å². The Hall–Kier alpha value is -0.860. The monoisotopic (exact) mass is 273 g/mol. The molecule has 1 aromatic rings. The van der Waals surface area contributed by atoms with Crippen LogP contribution < -0.4 is 0 Å². The molecule has 0 amide bonds. The number of hydrogen-bond acceptors (Lipinski definition) is 2. The van der Waals surface area contributed by atoms with Crippen molar-refractivity contribution < 1.29 is 4.74 Å². The van der Waals surface area contributed by atoms with E-state index in [0.29, 0.717) is 0 Å². The fraction of sp³-hybridized carbons (Fsp3) is 0.667. The number of nitrogens with zero attached hydrogens (tertiary/aromatic N) is 1. The molecule has 0 aliphatic carbocycles. The third-order valence-corrected chi connectivity index (χ3v) is 4.85. The van der Waals surface area contributed by atoms with Crippen LogP contribution in [-0.4, -0.2) is 37.7 Å². The quantitative estimate of drug-likeness (QED) is 0.834. The highest BCUT2D eigenvalue weighted by Crippen LogP contribution is 2.23. The van der Waals surface area contributed by atoms with Crippen molar-refractivity contribution in [2.24, 2.45) is 11.8 Å². The Morgan fingerprint density at radius 1 is 1.00 bits per heavy atom. The third-order valence-electron chi connectivity index (χ3n) is 4.85. The highest BCUT2D eigenvalue weighted by molar-refractivity contribution is 5.15. The Balaban J connectivity index is 1.40. The Bertz CT molecular complexity index is 378. The average Bonchev–Trinajstić information content (AvgIpc) is 2.51. The molecule has 0 radical (unpaired) electrons. The standard InChI is InChI=1S/C18H27NO/c1-2-5-16(6-3-1)13-17-8-10-19(11-9-17)14-18-7-4-12-20-15-18/h1-3,5-6,17-18H,4,7-15H2/t18-/m0/s1. The second-order valence-corrected chi connectivity index (χ2v) is 6.52. The molecule has 2 aliphatic heterocycles. The molecule has 0 aromatic heterocycles. The van der Waals surface area contributed by atoms with E-state index in [1.165, 1.54) is 57.3 Å². The van der Waals surface area contributed by atoms with E-state index in [-0.39, 0.29) is 0 Å². The van der Waals surface area contributed by atoms with Gasteiger partial charge < -0.3 is 9.64 Å². The fourth-order valence-corrected chi connectivity index (χ4v) is 3.64. The third kappa shape index (κ3) is 4.07. The normalized spacial score (nSPS) is 25.7. The van der Waals surface area contributed by atoms with Gasteiger partial charge in [-0.1, -0.05) is 30.3 Å². The Morgan fingerprint density at radius 2 is 1.80 bits per heavy atom. The molecule has 0 N–H and O–H groups in total. The zero-order valence-electron chi connectivity index (χ0n) is 12.5. The van der Waals surface area contributed by atoms with Gasteiger partial charge in [0.15, 0.2) is 0 Å². The van der Waals surface area contributed by atoms with E-state index in [0.717, 1.165) is 25.0 Å². The lowest BCUT2D eigenvalue weighted by Crippen LogP contribution is -2.39. The van der Waals surface area contributed by atoms with Crippen LogP contribution in [0.25, 0.3) is 0 Å². The lowest BCUT2D eigenvalue weighted by Gasteiger charge is -2.35. The van der Waals surface area contributed by atoms with Crippen LogP contribution in [0.3, 0.4) is 0 Å². The number of rotatable bonds is 4. The van der Waals surface area contributed by atoms with Crippen LogP contribution >= 0.6 is 0 Å². The van der Waals surface area contributed by atoms with Crippen LogP contribution in [0.1, 0.15) is 31.2 Å². The van der Waals surface area contributed by atoms with Crippen LogP contribution in [0.5, 0.6) is 0 Å². The summed E-state index contributed by atoms with van der Waals surface area (Å²) in [5.41, 5.74) is 1.51. The first-order valence-electron chi connectivity index (χ1n) is 8.24. The van der Waals surface area contributed by atoms with Gasteiger partial charge in [0.2, 0.25) is 0 Å². The highest BCUT2D eigenvalue weighted by atomic mass is 16.5. The first kappa shape index (κ1) is 14.1. The molecule has 2 heteroatoms. The van der Waals surface area contributed by atoms with E-state index in [1.54, 1.807) is 0 Å². The number of benzene rings is 1. The molecule has 2 saturated heterocycles. The number of hydrogen-bond donors (Lipinski definition) is 0. The molecule has 0 spiro atoms. The van der Waals surface area contributed by atoms with E-state index in [4.69, 9.17) is 4.74 Å². The van der Waals surface area contributed by atoms with Crippen LogP contribution in [0.2, 0.25) is 0 Å². The van der Waals surface area contributed by atoms with Crippen molar-refractivity contribution in [3.05, 3.63) is 35.9 Å². The lowest BCUT2D eigenvalue weighted by molar-refractivity contribution is 0.0327. The summed E-state index contributed by atoms with van der Waals surface area (Å²) in [5, 5.41) is 0. The summed E-state index contributed by atoms with van der Waals surface area (Å²) < 4.78 is 5.60. The summed E-state index contributed by atoms with van der Waals surface area (Å²) >= 11 is 0. The largest absolute Gasteiger partial charge is 0.381 e. The fourth-order valence-electron chi connectivity index (χ4n) is 3.64. The summed E-state index contributed by atoms with van der Waals surface area (Å²) in [6.07, 6.45) is 6.62. The molecule has 110 valence electrons. The van der Waals surface area contributed by atoms with E-state index in [9.17, 15) is 0 Å². The van der Waals surface area contributed by atoms with E-state index < -0.39 is 0 Å². The average molecular weight is 273 g/mol. The minimum absolute atomic E-state index is 0.787. The summed E-state index contributed by atoms with van der Waals surface area (Å²) in [6.45, 7) is 5.81. The smallest absolute Gasteiger partial charge is 0.0506 e. The molecule has 0 saturated carbocycles. The molecule has 1 atom stereocenters. The maximum Gasteiger partial charge on any atom is 0.0506 e.